The number of hydrogen-bond donors (Lipinski definition) is 0. The van der Waals surface area contributed by atoms with Gasteiger partial charge in [0.1, 0.15) is 0 Å². The molecule has 0 aliphatic heterocycles. The second-order valence-corrected chi connectivity index (χ2v) is 3.30. The van der Waals surface area contributed by atoms with Crippen LogP contribution in [0.1, 0.15) is 10.4 Å². The Morgan fingerprint density at radius 1 is 1.12 bits per heavy atom. The third-order valence-corrected chi connectivity index (χ3v) is 2.18. The summed E-state index contributed by atoms with van der Waals surface area (Å²) in [5.41, 5.74) is 0.511. The number of benzene rings is 1. The van der Waals surface area contributed by atoms with E-state index in [0.29, 0.717) is 22.9 Å². The van der Waals surface area contributed by atoms with Crippen molar-refractivity contribution >= 4 is 6.29 Å². The van der Waals surface area contributed by atoms with Crippen molar-refractivity contribution in [2.75, 3.05) is 7.11 Å². The number of aldehydes is 1. The Labute approximate surface area is 98.8 Å². The molecular weight excluding hydrogens is 218 g/mol. The molecule has 0 aliphatic rings. The number of aromatic nitrogens is 1. The van der Waals surface area contributed by atoms with Gasteiger partial charge in [-0.15, -0.1) is 0 Å². The van der Waals surface area contributed by atoms with Crippen LogP contribution >= 0.6 is 0 Å². The molecule has 0 atom stereocenters. The lowest BCUT2D eigenvalue weighted by Crippen LogP contribution is -1.92. The van der Waals surface area contributed by atoms with Gasteiger partial charge < -0.3 is 9.47 Å². The fourth-order valence-corrected chi connectivity index (χ4v) is 1.34. The quantitative estimate of drug-likeness (QED) is 0.756. The summed E-state index contributed by atoms with van der Waals surface area (Å²) in [6.45, 7) is 0. The molecule has 1 aromatic carbocycles. The average molecular weight is 229 g/mol. The monoisotopic (exact) mass is 229 g/mol. The third-order valence-electron chi connectivity index (χ3n) is 2.18. The lowest BCUT2D eigenvalue weighted by Gasteiger charge is -2.08. The summed E-state index contributed by atoms with van der Waals surface area (Å²) in [5.74, 6) is 1.63. The smallest absolute Gasteiger partial charge is 0.219 e. The number of methoxy groups -OCH3 is 1. The topological polar surface area (TPSA) is 48.4 Å². The van der Waals surface area contributed by atoms with Crippen molar-refractivity contribution in [2.24, 2.45) is 0 Å². The molecule has 0 amide bonds. The Kier molecular flexibility index (Phi) is 3.35. The standard InChI is InChI=1S/C13H11NO3/c1-16-11-4-2-3-5-12(11)17-13-7-6-10(9-15)8-14-13/h2-9H,1H3. The summed E-state index contributed by atoms with van der Waals surface area (Å²) in [5, 5.41) is 0. The van der Waals surface area contributed by atoms with E-state index in [-0.39, 0.29) is 0 Å². The molecule has 2 rings (SSSR count). The van der Waals surface area contributed by atoms with E-state index in [1.165, 1.54) is 6.20 Å². The molecule has 0 spiro atoms. The van der Waals surface area contributed by atoms with Gasteiger partial charge in [-0.2, -0.15) is 0 Å². The average Bonchev–Trinajstić information content (AvgIpc) is 2.40. The minimum atomic E-state index is 0.417. The summed E-state index contributed by atoms with van der Waals surface area (Å²) >= 11 is 0. The highest BCUT2D eigenvalue weighted by atomic mass is 16.5. The van der Waals surface area contributed by atoms with E-state index >= 15 is 0 Å². The SMILES string of the molecule is COc1ccccc1Oc1ccc(C=O)cn1. The van der Waals surface area contributed by atoms with Crippen molar-refractivity contribution < 1.29 is 14.3 Å². The van der Waals surface area contributed by atoms with Crippen molar-refractivity contribution in [3.8, 4) is 17.4 Å². The Bertz CT molecular complexity index is 508. The van der Waals surface area contributed by atoms with Gasteiger partial charge in [0.15, 0.2) is 17.8 Å². The first-order valence-corrected chi connectivity index (χ1v) is 5.05. The molecule has 1 aromatic heterocycles. The molecule has 2 aromatic rings. The third kappa shape index (κ3) is 2.60. The fraction of sp³-hybridized carbons (Fsp3) is 0.0769. The molecule has 0 saturated carbocycles. The molecule has 0 unspecified atom stereocenters. The maximum atomic E-state index is 10.5. The number of ether oxygens (including phenoxy) is 2. The van der Waals surface area contributed by atoms with E-state index in [1.807, 2.05) is 12.1 Å². The van der Waals surface area contributed by atoms with Gasteiger partial charge in [0.05, 0.1) is 7.11 Å². The van der Waals surface area contributed by atoms with Gasteiger partial charge in [0, 0.05) is 17.8 Å². The summed E-state index contributed by atoms with van der Waals surface area (Å²) in [4.78, 5) is 14.5. The zero-order chi connectivity index (χ0) is 12.1. The van der Waals surface area contributed by atoms with Crippen molar-refractivity contribution in [3.63, 3.8) is 0 Å². The molecule has 0 radical (unpaired) electrons. The van der Waals surface area contributed by atoms with E-state index in [0.717, 1.165) is 6.29 Å². The zero-order valence-electron chi connectivity index (χ0n) is 9.29. The van der Waals surface area contributed by atoms with Crippen LogP contribution in [-0.4, -0.2) is 18.4 Å². The Morgan fingerprint density at radius 2 is 1.88 bits per heavy atom. The highest BCUT2D eigenvalue weighted by molar-refractivity contribution is 5.74. The molecule has 86 valence electrons. The summed E-state index contributed by atoms with van der Waals surface area (Å²) in [6, 6.07) is 10.6. The van der Waals surface area contributed by atoms with Crippen LogP contribution in [-0.2, 0) is 0 Å². The maximum absolute atomic E-state index is 10.5. The number of rotatable bonds is 4. The van der Waals surface area contributed by atoms with Crippen molar-refractivity contribution in [1.29, 1.82) is 0 Å². The Morgan fingerprint density at radius 3 is 2.47 bits per heavy atom. The Hall–Kier alpha value is -2.36. The van der Waals surface area contributed by atoms with E-state index in [1.54, 1.807) is 31.4 Å². The molecular formula is C13H11NO3. The van der Waals surface area contributed by atoms with Gasteiger partial charge >= 0.3 is 0 Å². The van der Waals surface area contributed by atoms with E-state index in [9.17, 15) is 4.79 Å². The number of nitrogens with zero attached hydrogens (tertiary/aromatic N) is 1. The van der Waals surface area contributed by atoms with Gasteiger partial charge in [-0.25, -0.2) is 4.98 Å². The first kappa shape index (κ1) is 11.1. The first-order chi connectivity index (χ1) is 8.33. The summed E-state index contributed by atoms with van der Waals surface area (Å²) in [6.07, 6.45) is 2.19. The lowest BCUT2D eigenvalue weighted by molar-refractivity contribution is 0.112. The predicted molar refractivity (Wildman–Crippen MR) is 62.7 cm³/mol. The van der Waals surface area contributed by atoms with E-state index in [2.05, 4.69) is 4.98 Å². The van der Waals surface area contributed by atoms with Gasteiger partial charge in [0.25, 0.3) is 0 Å². The number of para-hydroxylation sites is 2. The minimum Gasteiger partial charge on any atom is -0.493 e. The Balaban J connectivity index is 2.21. The van der Waals surface area contributed by atoms with Crippen LogP contribution in [0.2, 0.25) is 0 Å². The predicted octanol–water partition coefficient (Wildman–Crippen LogP) is 2.70. The highest BCUT2D eigenvalue weighted by Gasteiger charge is 2.04. The zero-order valence-corrected chi connectivity index (χ0v) is 9.29. The number of carbonyl (C=O) groups is 1. The molecule has 0 bridgehead atoms. The molecule has 0 N–H and O–H groups in total. The fourth-order valence-electron chi connectivity index (χ4n) is 1.34. The van der Waals surface area contributed by atoms with Gasteiger partial charge in [-0.1, -0.05) is 12.1 Å². The van der Waals surface area contributed by atoms with Crippen LogP contribution in [0.15, 0.2) is 42.6 Å². The highest BCUT2D eigenvalue weighted by Crippen LogP contribution is 2.29. The molecule has 0 fully saturated rings. The number of pyridine rings is 1. The number of carbonyl (C=O) groups excluding carboxylic acids is 1. The van der Waals surface area contributed by atoms with E-state index in [4.69, 9.17) is 9.47 Å². The molecule has 4 heteroatoms. The van der Waals surface area contributed by atoms with Crippen molar-refractivity contribution in [3.05, 3.63) is 48.2 Å². The van der Waals surface area contributed by atoms with Gasteiger partial charge in [-0.05, 0) is 18.2 Å². The second-order valence-electron chi connectivity index (χ2n) is 3.30. The molecule has 4 nitrogen and oxygen atoms in total. The van der Waals surface area contributed by atoms with Crippen LogP contribution in [0.3, 0.4) is 0 Å². The second kappa shape index (κ2) is 5.12. The van der Waals surface area contributed by atoms with Gasteiger partial charge in [-0.3, -0.25) is 4.79 Å². The van der Waals surface area contributed by atoms with Crippen LogP contribution < -0.4 is 9.47 Å². The minimum absolute atomic E-state index is 0.417. The number of hydrogen-bond acceptors (Lipinski definition) is 4. The van der Waals surface area contributed by atoms with Crippen LogP contribution in [0.5, 0.6) is 17.4 Å². The van der Waals surface area contributed by atoms with Crippen LogP contribution in [0.25, 0.3) is 0 Å². The van der Waals surface area contributed by atoms with Gasteiger partial charge in [0.2, 0.25) is 5.88 Å². The van der Waals surface area contributed by atoms with Crippen LogP contribution in [0, 0.1) is 0 Å². The molecule has 0 saturated heterocycles. The molecule has 1 heterocycles. The summed E-state index contributed by atoms with van der Waals surface area (Å²) in [7, 11) is 1.57. The van der Waals surface area contributed by atoms with Crippen molar-refractivity contribution in [1.82, 2.24) is 4.98 Å². The van der Waals surface area contributed by atoms with E-state index < -0.39 is 0 Å². The molecule has 17 heavy (non-hydrogen) atoms. The summed E-state index contributed by atoms with van der Waals surface area (Å²) < 4.78 is 10.7. The lowest BCUT2D eigenvalue weighted by atomic mass is 10.3. The first-order valence-electron chi connectivity index (χ1n) is 5.05. The molecule has 0 aliphatic carbocycles. The maximum Gasteiger partial charge on any atom is 0.219 e. The van der Waals surface area contributed by atoms with Crippen molar-refractivity contribution in [2.45, 2.75) is 0 Å². The normalized spacial score (nSPS) is 9.71. The largest absolute Gasteiger partial charge is 0.493 e. The van der Waals surface area contributed by atoms with Crippen LogP contribution in [0.4, 0.5) is 0 Å².